The maximum absolute atomic E-state index is 10.9. The van der Waals surface area contributed by atoms with Crippen LogP contribution in [0.25, 0.3) is 11.1 Å². The average molecular weight is 304 g/mol. The van der Waals surface area contributed by atoms with Gasteiger partial charge in [0, 0.05) is 12.1 Å². The summed E-state index contributed by atoms with van der Waals surface area (Å²) in [5.41, 5.74) is 0.937. The highest BCUT2D eigenvalue weighted by Gasteiger charge is 2.18. The van der Waals surface area contributed by atoms with Crippen LogP contribution >= 0.6 is 0 Å². The van der Waals surface area contributed by atoms with Crippen molar-refractivity contribution in [2.45, 2.75) is 0 Å². The van der Waals surface area contributed by atoms with Crippen molar-refractivity contribution in [1.29, 1.82) is 0 Å². The molecule has 0 heterocycles. The molecule has 0 fully saturated rings. The van der Waals surface area contributed by atoms with E-state index in [1.165, 1.54) is 38.5 Å². The largest absolute Gasteiger partial charge is 0.490 e. The molecule has 0 amide bonds. The van der Waals surface area contributed by atoms with Crippen molar-refractivity contribution in [2.75, 3.05) is 14.2 Å². The number of nitro groups is 2. The Morgan fingerprint density at radius 1 is 0.773 bits per heavy atom. The molecular weight excluding hydrogens is 292 g/mol. The summed E-state index contributed by atoms with van der Waals surface area (Å²) < 4.78 is 10.0. The third kappa shape index (κ3) is 2.80. The van der Waals surface area contributed by atoms with Gasteiger partial charge in [0.05, 0.1) is 24.1 Å². The van der Waals surface area contributed by atoms with Crippen molar-refractivity contribution in [3.8, 4) is 22.6 Å². The smallest absolute Gasteiger partial charge is 0.310 e. The van der Waals surface area contributed by atoms with Crippen LogP contribution in [0.1, 0.15) is 0 Å². The van der Waals surface area contributed by atoms with Crippen molar-refractivity contribution in [2.24, 2.45) is 0 Å². The number of benzene rings is 2. The summed E-state index contributed by atoms with van der Waals surface area (Å²) in [4.78, 5) is 20.7. The van der Waals surface area contributed by atoms with Gasteiger partial charge in [0.2, 0.25) is 0 Å². The van der Waals surface area contributed by atoms with Crippen LogP contribution in [0.3, 0.4) is 0 Å². The van der Waals surface area contributed by atoms with Crippen molar-refractivity contribution < 1.29 is 19.3 Å². The molecule has 0 spiro atoms. The molecule has 0 aliphatic heterocycles. The lowest BCUT2D eigenvalue weighted by molar-refractivity contribution is -0.385. The van der Waals surface area contributed by atoms with Crippen LogP contribution < -0.4 is 9.47 Å². The number of rotatable bonds is 5. The molecule has 2 rings (SSSR count). The fourth-order valence-corrected chi connectivity index (χ4v) is 2.02. The van der Waals surface area contributed by atoms with Crippen molar-refractivity contribution in [1.82, 2.24) is 0 Å². The molecule has 0 bridgehead atoms. The summed E-state index contributed by atoms with van der Waals surface area (Å²) in [6, 6.07) is 8.73. The number of nitro benzene ring substituents is 2. The van der Waals surface area contributed by atoms with E-state index in [4.69, 9.17) is 9.47 Å². The Labute approximate surface area is 125 Å². The first-order chi connectivity index (χ1) is 10.5. The third-order valence-electron chi connectivity index (χ3n) is 3.09. The highest BCUT2D eigenvalue weighted by Crippen LogP contribution is 2.36. The van der Waals surface area contributed by atoms with E-state index < -0.39 is 9.85 Å². The lowest BCUT2D eigenvalue weighted by Crippen LogP contribution is -1.95. The first-order valence-electron chi connectivity index (χ1n) is 6.13. The van der Waals surface area contributed by atoms with Gasteiger partial charge in [-0.2, -0.15) is 0 Å². The summed E-state index contributed by atoms with van der Waals surface area (Å²) in [5.74, 6) is 0.222. The maximum Gasteiger partial charge on any atom is 0.310 e. The Balaban J connectivity index is 2.52. The van der Waals surface area contributed by atoms with Gasteiger partial charge in [-0.3, -0.25) is 20.2 Å². The van der Waals surface area contributed by atoms with Gasteiger partial charge in [-0.1, -0.05) is 0 Å². The summed E-state index contributed by atoms with van der Waals surface area (Å²) in [5, 5.41) is 21.8. The molecule has 0 saturated heterocycles. The van der Waals surface area contributed by atoms with Gasteiger partial charge in [0.15, 0.2) is 11.5 Å². The van der Waals surface area contributed by atoms with Gasteiger partial charge in [-0.25, -0.2) is 0 Å². The molecule has 0 radical (unpaired) electrons. The topological polar surface area (TPSA) is 105 Å². The third-order valence-corrected chi connectivity index (χ3v) is 3.09. The lowest BCUT2D eigenvalue weighted by atomic mass is 10.0. The number of nitrogens with zero attached hydrogens (tertiary/aromatic N) is 2. The summed E-state index contributed by atoms with van der Waals surface area (Å²) >= 11 is 0. The van der Waals surface area contributed by atoms with Crippen molar-refractivity contribution >= 4 is 11.4 Å². The summed E-state index contributed by atoms with van der Waals surface area (Å²) in [7, 11) is 2.67. The van der Waals surface area contributed by atoms with E-state index in [-0.39, 0.29) is 22.9 Å². The Morgan fingerprint density at radius 3 is 1.41 bits per heavy atom. The number of hydrogen-bond acceptors (Lipinski definition) is 6. The molecular formula is C14H12N2O6. The van der Waals surface area contributed by atoms with Crippen LogP contribution in [0.4, 0.5) is 11.4 Å². The molecule has 2 aromatic carbocycles. The van der Waals surface area contributed by atoms with Gasteiger partial charge in [0.25, 0.3) is 0 Å². The van der Waals surface area contributed by atoms with Crippen LogP contribution in [-0.4, -0.2) is 24.1 Å². The lowest BCUT2D eigenvalue weighted by Gasteiger charge is -2.08. The van der Waals surface area contributed by atoms with Crippen LogP contribution in [0.5, 0.6) is 11.5 Å². The standard InChI is InChI=1S/C14H12N2O6/c1-21-13-7-9(3-5-11(13)15(17)18)10-4-6-12(16(19)20)14(8-10)22-2/h3-8H,1-2H3. The van der Waals surface area contributed by atoms with E-state index in [0.29, 0.717) is 11.1 Å². The zero-order valence-corrected chi connectivity index (χ0v) is 11.8. The normalized spacial score (nSPS) is 10.1. The minimum atomic E-state index is -0.543. The molecule has 0 atom stereocenters. The molecule has 2 aromatic rings. The molecule has 0 aromatic heterocycles. The van der Waals surface area contributed by atoms with Crippen LogP contribution in [0.2, 0.25) is 0 Å². The summed E-state index contributed by atoms with van der Waals surface area (Å²) in [6.07, 6.45) is 0. The Kier molecular flexibility index (Phi) is 4.21. The summed E-state index contributed by atoms with van der Waals surface area (Å²) in [6.45, 7) is 0. The number of methoxy groups -OCH3 is 2. The Bertz CT molecular complexity index is 681. The molecule has 0 aliphatic rings. The van der Waals surface area contributed by atoms with Gasteiger partial charge >= 0.3 is 11.4 Å². The second-order valence-electron chi connectivity index (χ2n) is 4.29. The first kappa shape index (κ1) is 15.2. The Morgan fingerprint density at radius 2 is 1.14 bits per heavy atom. The second kappa shape index (κ2) is 6.08. The zero-order valence-electron chi connectivity index (χ0n) is 11.8. The number of ether oxygens (including phenoxy) is 2. The van der Waals surface area contributed by atoms with Crippen LogP contribution in [-0.2, 0) is 0 Å². The number of hydrogen-bond donors (Lipinski definition) is 0. The molecule has 0 saturated carbocycles. The average Bonchev–Trinajstić information content (AvgIpc) is 2.53. The quantitative estimate of drug-likeness (QED) is 0.620. The SMILES string of the molecule is COc1cc(-c2ccc([N+](=O)[O-])c(OC)c2)ccc1[N+](=O)[O-]. The zero-order chi connectivity index (χ0) is 16.3. The van der Waals surface area contributed by atoms with E-state index in [1.54, 1.807) is 12.1 Å². The van der Waals surface area contributed by atoms with Crippen molar-refractivity contribution in [3.63, 3.8) is 0 Å². The molecule has 8 heteroatoms. The van der Waals surface area contributed by atoms with E-state index >= 15 is 0 Å². The Hall–Kier alpha value is -3.16. The van der Waals surface area contributed by atoms with E-state index in [0.717, 1.165) is 0 Å². The molecule has 0 N–H and O–H groups in total. The highest BCUT2D eigenvalue weighted by atomic mass is 16.6. The highest BCUT2D eigenvalue weighted by molar-refractivity contribution is 5.71. The molecule has 0 unspecified atom stereocenters. The predicted octanol–water partition coefficient (Wildman–Crippen LogP) is 3.19. The molecule has 8 nitrogen and oxygen atoms in total. The van der Waals surface area contributed by atoms with E-state index in [9.17, 15) is 20.2 Å². The first-order valence-corrected chi connectivity index (χ1v) is 6.13. The predicted molar refractivity (Wildman–Crippen MR) is 78.3 cm³/mol. The molecule has 22 heavy (non-hydrogen) atoms. The van der Waals surface area contributed by atoms with Crippen LogP contribution in [0, 0.1) is 20.2 Å². The second-order valence-corrected chi connectivity index (χ2v) is 4.29. The molecule has 114 valence electrons. The van der Waals surface area contributed by atoms with E-state index in [2.05, 4.69) is 0 Å². The minimum absolute atomic E-state index is 0.111. The maximum atomic E-state index is 10.9. The van der Waals surface area contributed by atoms with Crippen molar-refractivity contribution in [3.05, 3.63) is 56.6 Å². The van der Waals surface area contributed by atoms with E-state index in [1.807, 2.05) is 0 Å². The molecule has 0 aliphatic carbocycles. The van der Waals surface area contributed by atoms with Gasteiger partial charge < -0.3 is 9.47 Å². The van der Waals surface area contributed by atoms with Gasteiger partial charge in [-0.05, 0) is 35.4 Å². The van der Waals surface area contributed by atoms with Gasteiger partial charge in [0.1, 0.15) is 0 Å². The van der Waals surface area contributed by atoms with Gasteiger partial charge in [-0.15, -0.1) is 0 Å². The fourth-order valence-electron chi connectivity index (χ4n) is 2.02. The fraction of sp³-hybridized carbons (Fsp3) is 0.143. The van der Waals surface area contributed by atoms with Crippen LogP contribution in [0.15, 0.2) is 36.4 Å². The minimum Gasteiger partial charge on any atom is -0.490 e. The monoisotopic (exact) mass is 304 g/mol.